The molecule has 2 aromatic heterocycles. The van der Waals surface area contributed by atoms with Crippen LogP contribution in [0.1, 0.15) is 21.7 Å². The number of carbonyl (C=O) groups excluding carboxylic acids is 1. The molecular formula is C18H14N4O2. The Balaban J connectivity index is 1.82. The Morgan fingerprint density at radius 3 is 2.75 bits per heavy atom. The number of benzene rings is 2. The molecule has 0 radical (unpaired) electrons. The quantitative estimate of drug-likeness (QED) is 0.604. The number of carbonyl (C=O) groups is 1. The minimum Gasteiger partial charge on any atom is -0.364 e. The van der Waals surface area contributed by atoms with Gasteiger partial charge in [0.25, 0.3) is 11.5 Å². The number of nitrogens with two attached hydrogens (primary N) is 1. The fourth-order valence-electron chi connectivity index (χ4n) is 2.90. The zero-order valence-electron chi connectivity index (χ0n) is 12.7. The molecule has 0 bridgehead atoms. The van der Waals surface area contributed by atoms with E-state index in [0.29, 0.717) is 17.8 Å². The maximum Gasteiger partial charge on any atom is 0.272 e. The highest BCUT2D eigenvalue weighted by Crippen LogP contribution is 2.20. The number of nitrogens with zero attached hydrogens (tertiary/aromatic N) is 2. The Morgan fingerprint density at radius 2 is 1.92 bits per heavy atom. The lowest BCUT2D eigenvalue weighted by Gasteiger charge is -2.06. The van der Waals surface area contributed by atoms with Crippen LogP contribution in [0.5, 0.6) is 0 Å². The maximum atomic E-state index is 12.2. The summed E-state index contributed by atoms with van der Waals surface area (Å²) in [5, 5.41) is 4.93. The zero-order chi connectivity index (χ0) is 16.7. The number of aromatic amines is 1. The van der Waals surface area contributed by atoms with E-state index in [0.717, 1.165) is 16.3 Å². The van der Waals surface area contributed by atoms with E-state index in [4.69, 9.17) is 5.73 Å². The molecule has 6 nitrogen and oxygen atoms in total. The first-order chi connectivity index (χ1) is 11.6. The summed E-state index contributed by atoms with van der Waals surface area (Å²) < 4.78 is 1.21. The number of fused-ring (bicyclic) bond motifs is 2. The van der Waals surface area contributed by atoms with Crippen molar-refractivity contribution in [1.82, 2.24) is 14.6 Å². The summed E-state index contributed by atoms with van der Waals surface area (Å²) in [6, 6.07) is 17.1. The van der Waals surface area contributed by atoms with Crippen molar-refractivity contribution in [1.29, 1.82) is 0 Å². The summed E-state index contributed by atoms with van der Waals surface area (Å²) in [7, 11) is 0. The first kappa shape index (κ1) is 14.2. The molecule has 4 aromatic rings. The summed E-state index contributed by atoms with van der Waals surface area (Å²) in [6.45, 7) is 0. The summed E-state index contributed by atoms with van der Waals surface area (Å²) in [5.41, 5.74) is 7.24. The second kappa shape index (κ2) is 5.34. The minimum atomic E-state index is -0.629. The molecule has 0 fully saturated rings. The van der Waals surface area contributed by atoms with Gasteiger partial charge in [-0.1, -0.05) is 42.5 Å². The molecule has 118 valence electrons. The Morgan fingerprint density at radius 1 is 1.12 bits per heavy atom. The minimum absolute atomic E-state index is 0.155. The van der Waals surface area contributed by atoms with Crippen LogP contribution in [0.15, 0.2) is 59.4 Å². The van der Waals surface area contributed by atoms with Gasteiger partial charge in [-0.2, -0.15) is 0 Å². The van der Waals surface area contributed by atoms with Gasteiger partial charge in [-0.05, 0) is 16.3 Å². The van der Waals surface area contributed by atoms with Gasteiger partial charge in [0.2, 0.25) is 0 Å². The molecule has 3 N–H and O–H groups in total. The monoisotopic (exact) mass is 318 g/mol. The second-order valence-electron chi connectivity index (χ2n) is 5.63. The van der Waals surface area contributed by atoms with Crippen molar-refractivity contribution in [2.24, 2.45) is 5.73 Å². The molecule has 0 spiro atoms. The predicted molar refractivity (Wildman–Crippen MR) is 91.1 cm³/mol. The molecule has 24 heavy (non-hydrogen) atoms. The number of H-pyrrole nitrogens is 1. The molecular weight excluding hydrogens is 304 g/mol. The van der Waals surface area contributed by atoms with Crippen LogP contribution in [0.25, 0.3) is 16.4 Å². The van der Waals surface area contributed by atoms with E-state index in [2.05, 4.69) is 28.3 Å². The van der Waals surface area contributed by atoms with Gasteiger partial charge in [-0.3, -0.25) is 14.7 Å². The van der Waals surface area contributed by atoms with E-state index in [1.165, 1.54) is 16.6 Å². The van der Waals surface area contributed by atoms with Gasteiger partial charge in [0.05, 0.1) is 5.69 Å². The summed E-state index contributed by atoms with van der Waals surface area (Å²) >= 11 is 0. The first-order valence-electron chi connectivity index (χ1n) is 7.50. The molecule has 0 unspecified atom stereocenters. The van der Waals surface area contributed by atoms with Gasteiger partial charge in [0, 0.05) is 18.6 Å². The highest BCUT2D eigenvalue weighted by atomic mass is 16.1. The average Bonchev–Trinajstić information content (AvgIpc) is 3.00. The number of rotatable bonds is 3. The van der Waals surface area contributed by atoms with Gasteiger partial charge in [0.15, 0.2) is 5.65 Å². The van der Waals surface area contributed by atoms with Crippen LogP contribution >= 0.6 is 0 Å². The third-order valence-electron chi connectivity index (χ3n) is 4.02. The van der Waals surface area contributed by atoms with Crippen molar-refractivity contribution in [2.45, 2.75) is 6.42 Å². The third-order valence-corrected chi connectivity index (χ3v) is 4.02. The van der Waals surface area contributed by atoms with Crippen molar-refractivity contribution in [3.63, 3.8) is 0 Å². The summed E-state index contributed by atoms with van der Waals surface area (Å²) in [4.78, 5) is 27.9. The van der Waals surface area contributed by atoms with Crippen LogP contribution in [0.4, 0.5) is 0 Å². The standard InChI is InChI=1S/C18H14N4O2/c19-18(24)15-10-16-20-13(9-17(23)22(16)21-15)8-12-6-3-5-11-4-1-2-7-14(11)12/h1-7,9-10,21H,8H2,(H2,19,24). The van der Waals surface area contributed by atoms with Gasteiger partial charge >= 0.3 is 0 Å². The predicted octanol–water partition coefficient (Wildman–Crippen LogP) is 1.87. The molecule has 1 amide bonds. The number of nitrogens with one attached hydrogen (secondary N) is 1. The fourth-order valence-corrected chi connectivity index (χ4v) is 2.90. The normalized spacial score (nSPS) is 11.2. The number of hydrogen-bond acceptors (Lipinski definition) is 3. The summed E-state index contributed by atoms with van der Waals surface area (Å²) in [6.07, 6.45) is 0.532. The van der Waals surface area contributed by atoms with Crippen molar-refractivity contribution >= 4 is 22.3 Å². The Hall–Kier alpha value is -3.41. The largest absolute Gasteiger partial charge is 0.364 e. The third kappa shape index (κ3) is 2.34. The molecule has 2 heterocycles. The number of aromatic nitrogens is 3. The molecule has 0 aliphatic heterocycles. The number of hydrogen-bond donors (Lipinski definition) is 2. The average molecular weight is 318 g/mol. The smallest absolute Gasteiger partial charge is 0.272 e. The highest BCUT2D eigenvalue weighted by Gasteiger charge is 2.10. The lowest BCUT2D eigenvalue weighted by molar-refractivity contribution is 0.0995. The lowest BCUT2D eigenvalue weighted by atomic mass is 10.0. The molecule has 0 saturated carbocycles. The molecule has 0 aliphatic carbocycles. The van der Waals surface area contributed by atoms with E-state index < -0.39 is 5.91 Å². The van der Waals surface area contributed by atoms with Crippen LogP contribution < -0.4 is 11.3 Å². The SMILES string of the molecule is NC(=O)c1cc2nc(Cc3cccc4ccccc34)cc(=O)n2[nH]1. The highest BCUT2D eigenvalue weighted by molar-refractivity contribution is 5.91. The van der Waals surface area contributed by atoms with E-state index in [1.807, 2.05) is 24.3 Å². The topological polar surface area (TPSA) is 93.2 Å². The van der Waals surface area contributed by atoms with E-state index in [-0.39, 0.29) is 11.3 Å². The van der Waals surface area contributed by atoms with Crippen LogP contribution in [-0.4, -0.2) is 20.5 Å². The van der Waals surface area contributed by atoms with Crippen molar-refractivity contribution < 1.29 is 4.79 Å². The lowest BCUT2D eigenvalue weighted by Crippen LogP contribution is -2.17. The molecule has 4 rings (SSSR count). The fraction of sp³-hybridized carbons (Fsp3) is 0.0556. The van der Waals surface area contributed by atoms with Crippen LogP contribution in [0, 0.1) is 0 Å². The van der Waals surface area contributed by atoms with Crippen molar-refractivity contribution in [3.8, 4) is 0 Å². The van der Waals surface area contributed by atoms with Gasteiger partial charge in [0.1, 0.15) is 5.69 Å². The van der Waals surface area contributed by atoms with Crippen molar-refractivity contribution in [3.05, 3.63) is 81.9 Å². The Labute approximate surface area is 136 Å². The maximum absolute atomic E-state index is 12.2. The second-order valence-corrected chi connectivity index (χ2v) is 5.63. The first-order valence-corrected chi connectivity index (χ1v) is 7.50. The zero-order valence-corrected chi connectivity index (χ0v) is 12.7. The molecule has 0 atom stereocenters. The molecule has 0 aliphatic rings. The van der Waals surface area contributed by atoms with Gasteiger partial charge in [-0.15, -0.1) is 0 Å². The van der Waals surface area contributed by atoms with Gasteiger partial charge < -0.3 is 5.73 Å². The van der Waals surface area contributed by atoms with E-state index >= 15 is 0 Å². The van der Waals surface area contributed by atoms with Gasteiger partial charge in [-0.25, -0.2) is 9.50 Å². The molecule has 0 saturated heterocycles. The van der Waals surface area contributed by atoms with E-state index in [1.54, 1.807) is 0 Å². The Kier molecular flexibility index (Phi) is 3.16. The van der Waals surface area contributed by atoms with Crippen LogP contribution in [-0.2, 0) is 6.42 Å². The summed E-state index contributed by atoms with van der Waals surface area (Å²) in [5.74, 6) is -0.629. The Bertz CT molecular complexity index is 1140. The van der Waals surface area contributed by atoms with E-state index in [9.17, 15) is 9.59 Å². The van der Waals surface area contributed by atoms with Crippen LogP contribution in [0.3, 0.4) is 0 Å². The molecule has 6 heteroatoms. The molecule has 2 aromatic carbocycles. The van der Waals surface area contributed by atoms with Crippen LogP contribution in [0.2, 0.25) is 0 Å². The van der Waals surface area contributed by atoms with Crippen molar-refractivity contribution in [2.75, 3.05) is 0 Å². The number of amides is 1. The number of primary amides is 1.